The predicted molar refractivity (Wildman–Crippen MR) is 83.8 cm³/mol. The molecule has 0 aliphatic carbocycles. The van der Waals surface area contributed by atoms with Crippen molar-refractivity contribution in [3.8, 4) is 0 Å². The Morgan fingerprint density at radius 3 is 2.95 bits per heavy atom. The summed E-state index contributed by atoms with van der Waals surface area (Å²) >= 11 is 3.51. The van der Waals surface area contributed by atoms with E-state index >= 15 is 0 Å². The number of halogens is 1. The Kier molecular flexibility index (Phi) is 5.16. The van der Waals surface area contributed by atoms with Crippen LogP contribution in [-0.4, -0.2) is 24.7 Å². The van der Waals surface area contributed by atoms with Crippen molar-refractivity contribution in [1.82, 2.24) is 4.98 Å². The third-order valence-corrected chi connectivity index (χ3v) is 3.38. The number of nitrogens with zero attached hydrogens (tertiary/aromatic N) is 1. The molecular formula is C15H19BrN2O. The van der Waals surface area contributed by atoms with E-state index in [1.54, 1.807) is 0 Å². The summed E-state index contributed by atoms with van der Waals surface area (Å²) in [7, 11) is 0. The number of hydrogen-bond donors (Lipinski definition) is 1. The molecule has 1 heterocycles. The number of aromatic nitrogens is 1. The van der Waals surface area contributed by atoms with Gasteiger partial charge in [0.2, 0.25) is 0 Å². The first kappa shape index (κ1) is 14.3. The van der Waals surface area contributed by atoms with E-state index in [9.17, 15) is 0 Å². The quantitative estimate of drug-likeness (QED) is 0.811. The lowest BCUT2D eigenvalue weighted by Gasteiger charge is -2.11. The van der Waals surface area contributed by atoms with E-state index in [1.807, 2.05) is 26.0 Å². The van der Waals surface area contributed by atoms with Crippen molar-refractivity contribution in [2.45, 2.75) is 20.3 Å². The topological polar surface area (TPSA) is 34.1 Å². The summed E-state index contributed by atoms with van der Waals surface area (Å²) in [6, 6.07) is 8.26. The van der Waals surface area contributed by atoms with Gasteiger partial charge >= 0.3 is 0 Å². The maximum atomic E-state index is 5.34. The second-order valence-corrected chi connectivity index (χ2v) is 5.37. The molecule has 0 aliphatic heterocycles. The summed E-state index contributed by atoms with van der Waals surface area (Å²) in [6.45, 7) is 6.53. The zero-order valence-electron chi connectivity index (χ0n) is 11.4. The second-order valence-electron chi connectivity index (χ2n) is 4.45. The lowest BCUT2D eigenvalue weighted by molar-refractivity contribution is 0.147. The van der Waals surface area contributed by atoms with Crippen molar-refractivity contribution in [3.05, 3.63) is 34.4 Å². The smallest absolute Gasteiger partial charge is 0.0726 e. The highest BCUT2D eigenvalue weighted by atomic mass is 79.9. The highest BCUT2D eigenvalue weighted by molar-refractivity contribution is 9.10. The predicted octanol–water partition coefficient (Wildman–Crippen LogP) is 4.14. The average Bonchev–Trinajstić information content (AvgIpc) is 2.39. The SMILES string of the molecule is CCOCCCNc1cc(C)nc2ccc(Br)cc12. The van der Waals surface area contributed by atoms with Crippen LogP contribution in [-0.2, 0) is 4.74 Å². The number of ether oxygens (including phenoxy) is 1. The molecule has 0 radical (unpaired) electrons. The fraction of sp³-hybridized carbons (Fsp3) is 0.400. The normalized spacial score (nSPS) is 10.9. The molecule has 0 amide bonds. The van der Waals surface area contributed by atoms with E-state index in [0.29, 0.717) is 0 Å². The molecular weight excluding hydrogens is 304 g/mol. The van der Waals surface area contributed by atoms with Crippen LogP contribution in [0.1, 0.15) is 19.0 Å². The molecule has 0 atom stereocenters. The highest BCUT2D eigenvalue weighted by Gasteiger charge is 2.04. The minimum Gasteiger partial charge on any atom is -0.384 e. The lowest BCUT2D eigenvalue weighted by atomic mass is 10.1. The summed E-state index contributed by atoms with van der Waals surface area (Å²) < 4.78 is 6.41. The summed E-state index contributed by atoms with van der Waals surface area (Å²) in [5.74, 6) is 0. The zero-order chi connectivity index (χ0) is 13.7. The molecule has 0 fully saturated rings. The van der Waals surface area contributed by atoms with Gasteiger partial charge in [-0.25, -0.2) is 0 Å². The van der Waals surface area contributed by atoms with Crippen molar-refractivity contribution < 1.29 is 4.74 Å². The van der Waals surface area contributed by atoms with Crippen molar-refractivity contribution in [1.29, 1.82) is 0 Å². The van der Waals surface area contributed by atoms with Gasteiger partial charge in [0.25, 0.3) is 0 Å². The number of aryl methyl sites for hydroxylation is 1. The Morgan fingerprint density at radius 2 is 2.16 bits per heavy atom. The molecule has 1 aromatic carbocycles. The molecule has 1 aromatic heterocycles. The summed E-state index contributed by atoms with van der Waals surface area (Å²) in [5, 5.41) is 4.62. The summed E-state index contributed by atoms with van der Waals surface area (Å²) in [6.07, 6.45) is 1.00. The maximum Gasteiger partial charge on any atom is 0.0726 e. The molecule has 2 rings (SSSR count). The van der Waals surface area contributed by atoms with Crippen molar-refractivity contribution in [2.24, 2.45) is 0 Å². The van der Waals surface area contributed by atoms with E-state index < -0.39 is 0 Å². The Labute approximate surface area is 122 Å². The largest absolute Gasteiger partial charge is 0.384 e. The lowest BCUT2D eigenvalue weighted by Crippen LogP contribution is -2.06. The molecule has 2 aromatic rings. The Morgan fingerprint density at radius 1 is 1.32 bits per heavy atom. The molecule has 0 saturated carbocycles. The van der Waals surface area contributed by atoms with Gasteiger partial charge in [-0.3, -0.25) is 4.98 Å². The van der Waals surface area contributed by atoms with Gasteiger partial charge < -0.3 is 10.1 Å². The molecule has 4 heteroatoms. The van der Waals surface area contributed by atoms with Gasteiger partial charge in [-0.2, -0.15) is 0 Å². The van der Waals surface area contributed by atoms with Crippen LogP contribution in [0.2, 0.25) is 0 Å². The third-order valence-electron chi connectivity index (χ3n) is 2.88. The molecule has 0 bridgehead atoms. The maximum absolute atomic E-state index is 5.34. The van der Waals surface area contributed by atoms with Crippen LogP contribution in [0.4, 0.5) is 5.69 Å². The Bertz CT molecular complexity index is 557. The third kappa shape index (κ3) is 3.91. The number of rotatable bonds is 6. The first-order chi connectivity index (χ1) is 9.20. The first-order valence-electron chi connectivity index (χ1n) is 6.59. The van der Waals surface area contributed by atoms with Crippen LogP contribution in [0.5, 0.6) is 0 Å². The van der Waals surface area contributed by atoms with Crippen molar-refractivity contribution in [2.75, 3.05) is 25.1 Å². The van der Waals surface area contributed by atoms with E-state index in [0.717, 1.165) is 52.9 Å². The fourth-order valence-electron chi connectivity index (χ4n) is 2.02. The van der Waals surface area contributed by atoms with Gasteiger partial charge in [0.05, 0.1) is 5.52 Å². The van der Waals surface area contributed by atoms with Crippen LogP contribution >= 0.6 is 15.9 Å². The number of nitrogens with one attached hydrogen (secondary N) is 1. The molecule has 0 aliphatic rings. The van der Waals surface area contributed by atoms with Crippen LogP contribution in [0.15, 0.2) is 28.7 Å². The van der Waals surface area contributed by atoms with Gasteiger partial charge in [-0.05, 0) is 44.5 Å². The Balaban J connectivity index is 2.14. The Hall–Kier alpha value is -1.13. The summed E-state index contributed by atoms with van der Waals surface area (Å²) in [5.41, 5.74) is 3.19. The van der Waals surface area contributed by atoms with Crippen molar-refractivity contribution in [3.63, 3.8) is 0 Å². The zero-order valence-corrected chi connectivity index (χ0v) is 13.0. The molecule has 102 valence electrons. The number of benzene rings is 1. The monoisotopic (exact) mass is 322 g/mol. The minimum absolute atomic E-state index is 0.782. The second kappa shape index (κ2) is 6.87. The van der Waals surface area contributed by atoms with Crippen LogP contribution in [0.25, 0.3) is 10.9 Å². The molecule has 1 N–H and O–H groups in total. The number of hydrogen-bond acceptors (Lipinski definition) is 3. The number of pyridine rings is 1. The standard InChI is InChI=1S/C15H19BrN2O/c1-3-19-8-4-7-17-15-9-11(2)18-14-6-5-12(16)10-13(14)15/h5-6,9-10H,3-4,7-8H2,1-2H3,(H,17,18). The average molecular weight is 323 g/mol. The van der Waals surface area contributed by atoms with Crippen LogP contribution in [0, 0.1) is 6.92 Å². The molecule has 0 saturated heterocycles. The highest BCUT2D eigenvalue weighted by Crippen LogP contribution is 2.26. The van der Waals surface area contributed by atoms with E-state index in [-0.39, 0.29) is 0 Å². The number of anilines is 1. The van der Waals surface area contributed by atoms with E-state index in [4.69, 9.17) is 4.74 Å². The van der Waals surface area contributed by atoms with Crippen molar-refractivity contribution >= 4 is 32.5 Å². The van der Waals surface area contributed by atoms with E-state index in [2.05, 4.69) is 38.4 Å². The molecule has 0 spiro atoms. The fourth-order valence-corrected chi connectivity index (χ4v) is 2.38. The van der Waals surface area contributed by atoms with E-state index in [1.165, 1.54) is 0 Å². The van der Waals surface area contributed by atoms with Gasteiger partial charge in [-0.1, -0.05) is 15.9 Å². The molecule has 0 unspecified atom stereocenters. The molecule has 3 nitrogen and oxygen atoms in total. The number of fused-ring (bicyclic) bond motifs is 1. The molecule has 19 heavy (non-hydrogen) atoms. The van der Waals surface area contributed by atoms with Crippen LogP contribution in [0.3, 0.4) is 0 Å². The first-order valence-corrected chi connectivity index (χ1v) is 7.38. The van der Waals surface area contributed by atoms with Crippen LogP contribution < -0.4 is 5.32 Å². The van der Waals surface area contributed by atoms with Gasteiger partial charge in [0.1, 0.15) is 0 Å². The van der Waals surface area contributed by atoms with Gasteiger partial charge in [0.15, 0.2) is 0 Å². The van der Waals surface area contributed by atoms with Gasteiger partial charge in [0, 0.05) is 41.0 Å². The summed E-state index contributed by atoms with van der Waals surface area (Å²) in [4.78, 5) is 4.55. The minimum atomic E-state index is 0.782. The van der Waals surface area contributed by atoms with Gasteiger partial charge in [-0.15, -0.1) is 0 Å².